The highest BCUT2D eigenvalue weighted by Crippen LogP contribution is 2.25. The SMILES string of the molecule is Cc1nc(N)ncc1[C@H](C)N1CCCCC1. The van der Waals surface area contributed by atoms with Crippen molar-refractivity contribution in [3.63, 3.8) is 0 Å². The second-order valence-corrected chi connectivity index (χ2v) is 4.54. The lowest BCUT2D eigenvalue weighted by molar-refractivity contribution is 0.174. The van der Waals surface area contributed by atoms with Crippen molar-refractivity contribution < 1.29 is 0 Å². The summed E-state index contributed by atoms with van der Waals surface area (Å²) in [5.41, 5.74) is 7.78. The number of nitrogens with zero attached hydrogens (tertiary/aromatic N) is 3. The number of hydrogen-bond acceptors (Lipinski definition) is 4. The summed E-state index contributed by atoms with van der Waals surface area (Å²) >= 11 is 0. The molecule has 4 nitrogen and oxygen atoms in total. The Bertz CT molecular complexity index is 358. The predicted octanol–water partition coefficient (Wildman–Crippen LogP) is 1.91. The summed E-state index contributed by atoms with van der Waals surface area (Å²) in [6.45, 7) is 6.61. The van der Waals surface area contributed by atoms with Crippen LogP contribution in [0.3, 0.4) is 0 Å². The molecule has 2 N–H and O–H groups in total. The van der Waals surface area contributed by atoms with Gasteiger partial charge in [-0.1, -0.05) is 6.42 Å². The van der Waals surface area contributed by atoms with Gasteiger partial charge in [0.05, 0.1) is 0 Å². The van der Waals surface area contributed by atoms with Crippen LogP contribution < -0.4 is 5.73 Å². The van der Waals surface area contributed by atoms with Crippen LogP contribution in [0.2, 0.25) is 0 Å². The zero-order valence-electron chi connectivity index (χ0n) is 10.1. The van der Waals surface area contributed by atoms with E-state index in [-0.39, 0.29) is 0 Å². The molecule has 1 atom stereocenters. The molecular weight excluding hydrogens is 200 g/mol. The van der Waals surface area contributed by atoms with E-state index in [0.29, 0.717) is 12.0 Å². The lowest BCUT2D eigenvalue weighted by atomic mass is 10.0. The van der Waals surface area contributed by atoms with Crippen molar-refractivity contribution in [1.29, 1.82) is 0 Å². The molecule has 0 bridgehead atoms. The normalized spacial score (nSPS) is 19.6. The zero-order valence-corrected chi connectivity index (χ0v) is 10.1. The van der Waals surface area contributed by atoms with Gasteiger partial charge in [-0.3, -0.25) is 4.90 Å². The van der Waals surface area contributed by atoms with Gasteiger partial charge < -0.3 is 5.73 Å². The van der Waals surface area contributed by atoms with Crippen molar-refractivity contribution in [3.05, 3.63) is 17.5 Å². The van der Waals surface area contributed by atoms with E-state index in [2.05, 4.69) is 21.8 Å². The van der Waals surface area contributed by atoms with Crippen LogP contribution in [0.4, 0.5) is 5.95 Å². The first kappa shape index (κ1) is 11.3. The van der Waals surface area contributed by atoms with Gasteiger partial charge in [-0.05, 0) is 39.8 Å². The third-order valence-corrected chi connectivity index (χ3v) is 3.42. The van der Waals surface area contributed by atoms with Crippen LogP contribution in [-0.4, -0.2) is 28.0 Å². The second-order valence-electron chi connectivity index (χ2n) is 4.54. The standard InChI is InChI=1S/C12H20N4/c1-9-11(8-14-12(13)15-9)10(2)16-6-4-3-5-7-16/h8,10H,3-7H2,1-2H3,(H2,13,14,15)/t10-/m0/s1. The van der Waals surface area contributed by atoms with E-state index in [0.717, 1.165) is 5.69 Å². The first-order valence-electron chi connectivity index (χ1n) is 6.01. The Morgan fingerprint density at radius 3 is 2.62 bits per heavy atom. The highest BCUT2D eigenvalue weighted by molar-refractivity contribution is 5.26. The van der Waals surface area contributed by atoms with E-state index < -0.39 is 0 Å². The number of nitrogen functional groups attached to an aromatic ring is 1. The minimum Gasteiger partial charge on any atom is -0.368 e. The molecule has 0 unspecified atom stereocenters. The van der Waals surface area contributed by atoms with E-state index >= 15 is 0 Å². The highest BCUT2D eigenvalue weighted by Gasteiger charge is 2.20. The minimum atomic E-state index is 0.368. The van der Waals surface area contributed by atoms with Crippen LogP contribution in [0.15, 0.2) is 6.20 Å². The smallest absolute Gasteiger partial charge is 0.220 e. The Kier molecular flexibility index (Phi) is 3.39. The molecule has 1 aromatic rings. The Morgan fingerprint density at radius 1 is 1.31 bits per heavy atom. The number of piperidine rings is 1. The van der Waals surface area contributed by atoms with E-state index in [1.807, 2.05) is 13.1 Å². The highest BCUT2D eigenvalue weighted by atomic mass is 15.2. The largest absolute Gasteiger partial charge is 0.368 e. The van der Waals surface area contributed by atoms with Crippen molar-refractivity contribution in [3.8, 4) is 0 Å². The summed E-state index contributed by atoms with van der Waals surface area (Å²) in [5.74, 6) is 0.368. The van der Waals surface area contributed by atoms with E-state index in [1.165, 1.54) is 37.9 Å². The fourth-order valence-corrected chi connectivity index (χ4v) is 2.41. The van der Waals surface area contributed by atoms with Crippen LogP contribution in [0.1, 0.15) is 43.5 Å². The van der Waals surface area contributed by atoms with Crippen LogP contribution >= 0.6 is 0 Å². The number of likely N-dealkylation sites (tertiary alicyclic amines) is 1. The van der Waals surface area contributed by atoms with E-state index in [1.54, 1.807) is 0 Å². The molecule has 2 heterocycles. The van der Waals surface area contributed by atoms with Gasteiger partial charge >= 0.3 is 0 Å². The van der Waals surface area contributed by atoms with E-state index in [9.17, 15) is 0 Å². The summed E-state index contributed by atoms with van der Waals surface area (Å²) in [6.07, 6.45) is 5.84. The van der Waals surface area contributed by atoms with Crippen LogP contribution in [0, 0.1) is 6.92 Å². The summed E-state index contributed by atoms with van der Waals surface area (Å²) in [5, 5.41) is 0. The maximum absolute atomic E-state index is 5.57. The Hall–Kier alpha value is -1.16. The summed E-state index contributed by atoms with van der Waals surface area (Å²) < 4.78 is 0. The molecule has 88 valence electrons. The molecule has 1 saturated heterocycles. The maximum Gasteiger partial charge on any atom is 0.220 e. The first-order valence-corrected chi connectivity index (χ1v) is 6.01. The Labute approximate surface area is 96.9 Å². The molecule has 0 aromatic carbocycles. The van der Waals surface area contributed by atoms with Gasteiger partial charge in [-0.2, -0.15) is 0 Å². The van der Waals surface area contributed by atoms with Crippen molar-refractivity contribution in [1.82, 2.24) is 14.9 Å². The van der Waals surface area contributed by atoms with Crippen molar-refractivity contribution in [2.45, 2.75) is 39.2 Å². The monoisotopic (exact) mass is 220 g/mol. The molecule has 0 aliphatic carbocycles. The van der Waals surface area contributed by atoms with Gasteiger partial charge in [0.1, 0.15) is 0 Å². The quantitative estimate of drug-likeness (QED) is 0.827. The van der Waals surface area contributed by atoms with Crippen LogP contribution in [0.5, 0.6) is 0 Å². The Morgan fingerprint density at radius 2 is 2.00 bits per heavy atom. The average Bonchev–Trinajstić information content (AvgIpc) is 2.29. The van der Waals surface area contributed by atoms with Crippen molar-refractivity contribution in [2.75, 3.05) is 18.8 Å². The third-order valence-electron chi connectivity index (χ3n) is 3.42. The van der Waals surface area contributed by atoms with Crippen molar-refractivity contribution in [2.24, 2.45) is 0 Å². The first-order chi connectivity index (χ1) is 7.68. The number of aryl methyl sites for hydroxylation is 1. The summed E-state index contributed by atoms with van der Waals surface area (Å²) in [7, 11) is 0. The molecule has 0 spiro atoms. The summed E-state index contributed by atoms with van der Waals surface area (Å²) in [6, 6.07) is 0.404. The minimum absolute atomic E-state index is 0.368. The van der Waals surface area contributed by atoms with Crippen LogP contribution in [-0.2, 0) is 0 Å². The van der Waals surface area contributed by atoms with Crippen LogP contribution in [0.25, 0.3) is 0 Å². The number of rotatable bonds is 2. The van der Waals surface area contributed by atoms with Gasteiger partial charge in [0.25, 0.3) is 0 Å². The molecule has 4 heteroatoms. The number of anilines is 1. The molecular formula is C12H20N4. The van der Waals surface area contributed by atoms with Gasteiger partial charge in [0.2, 0.25) is 5.95 Å². The van der Waals surface area contributed by atoms with E-state index in [4.69, 9.17) is 5.73 Å². The second kappa shape index (κ2) is 4.78. The summed E-state index contributed by atoms with van der Waals surface area (Å²) in [4.78, 5) is 10.8. The number of nitrogens with two attached hydrogens (primary N) is 1. The van der Waals surface area contributed by atoms with Gasteiger partial charge in [0.15, 0.2) is 0 Å². The number of hydrogen-bond donors (Lipinski definition) is 1. The molecule has 0 saturated carbocycles. The van der Waals surface area contributed by atoms with Gasteiger partial charge in [-0.15, -0.1) is 0 Å². The topological polar surface area (TPSA) is 55.0 Å². The molecule has 1 aromatic heterocycles. The Balaban J connectivity index is 2.15. The zero-order chi connectivity index (χ0) is 11.5. The fraction of sp³-hybridized carbons (Fsp3) is 0.667. The average molecular weight is 220 g/mol. The third kappa shape index (κ3) is 2.32. The number of aromatic nitrogens is 2. The molecule has 1 aliphatic rings. The lowest BCUT2D eigenvalue weighted by Crippen LogP contribution is -2.32. The fourth-order valence-electron chi connectivity index (χ4n) is 2.41. The molecule has 1 aliphatic heterocycles. The predicted molar refractivity (Wildman–Crippen MR) is 65.0 cm³/mol. The van der Waals surface area contributed by atoms with Gasteiger partial charge in [-0.25, -0.2) is 9.97 Å². The lowest BCUT2D eigenvalue weighted by Gasteiger charge is -2.32. The maximum atomic E-state index is 5.57. The molecule has 1 fully saturated rings. The van der Waals surface area contributed by atoms with Gasteiger partial charge in [0, 0.05) is 23.5 Å². The molecule has 16 heavy (non-hydrogen) atoms. The molecule has 0 radical (unpaired) electrons. The molecule has 0 amide bonds. The van der Waals surface area contributed by atoms with Crippen molar-refractivity contribution >= 4 is 5.95 Å². The molecule has 2 rings (SSSR count).